The van der Waals surface area contributed by atoms with Crippen LogP contribution in [0.4, 0.5) is 0 Å². The van der Waals surface area contributed by atoms with Crippen LogP contribution in [0.2, 0.25) is 0 Å². The average molecular weight is 260 g/mol. The number of carbonyl (C=O) groups is 1. The predicted molar refractivity (Wildman–Crippen MR) is 77.9 cm³/mol. The fourth-order valence-electron chi connectivity index (χ4n) is 2.54. The maximum Gasteiger partial charge on any atom is 0.222 e. The van der Waals surface area contributed by atoms with Crippen LogP contribution < -0.4 is 5.32 Å². The zero-order chi connectivity index (χ0) is 13.7. The molecule has 3 heteroatoms. The second kappa shape index (κ2) is 6.71. The van der Waals surface area contributed by atoms with Crippen LogP contribution in [0.15, 0.2) is 24.3 Å². The van der Waals surface area contributed by atoms with Gasteiger partial charge in [0.15, 0.2) is 0 Å². The van der Waals surface area contributed by atoms with Crippen LogP contribution in [0, 0.1) is 12.8 Å². The summed E-state index contributed by atoms with van der Waals surface area (Å²) in [4.78, 5) is 14.0. The minimum absolute atomic E-state index is 0.271. The molecule has 1 heterocycles. The molecule has 0 saturated carbocycles. The molecular weight excluding hydrogens is 236 g/mol. The molecule has 1 amide bonds. The molecule has 0 atom stereocenters. The molecule has 19 heavy (non-hydrogen) atoms. The Morgan fingerprint density at radius 3 is 2.53 bits per heavy atom. The van der Waals surface area contributed by atoms with Gasteiger partial charge in [-0.3, -0.25) is 4.79 Å². The van der Waals surface area contributed by atoms with E-state index in [1.807, 2.05) is 11.9 Å². The van der Waals surface area contributed by atoms with Crippen molar-refractivity contribution in [2.75, 3.05) is 20.1 Å². The Balaban J connectivity index is 1.83. The molecule has 1 aliphatic heterocycles. The average Bonchev–Trinajstić information content (AvgIpc) is 2.42. The quantitative estimate of drug-likeness (QED) is 0.901. The minimum atomic E-state index is 0.271. The Kier molecular flexibility index (Phi) is 4.97. The molecule has 104 valence electrons. The smallest absolute Gasteiger partial charge is 0.222 e. The van der Waals surface area contributed by atoms with Crippen molar-refractivity contribution in [2.24, 2.45) is 5.92 Å². The molecule has 0 aromatic heterocycles. The van der Waals surface area contributed by atoms with E-state index in [1.54, 1.807) is 0 Å². The van der Waals surface area contributed by atoms with Gasteiger partial charge in [0.05, 0.1) is 0 Å². The van der Waals surface area contributed by atoms with Crippen molar-refractivity contribution in [2.45, 2.75) is 32.7 Å². The summed E-state index contributed by atoms with van der Waals surface area (Å²) in [6, 6.07) is 8.40. The third kappa shape index (κ3) is 4.35. The Bertz CT molecular complexity index is 407. The molecule has 1 aromatic rings. The Labute approximate surface area is 116 Å². The van der Waals surface area contributed by atoms with Crippen molar-refractivity contribution >= 4 is 5.91 Å². The lowest BCUT2D eigenvalue weighted by Gasteiger charge is -2.25. The number of piperidine rings is 1. The van der Waals surface area contributed by atoms with Gasteiger partial charge in [0.25, 0.3) is 0 Å². The number of nitrogens with one attached hydrogen (secondary N) is 1. The molecule has 1 N–H and O–H groups in total. The van der Waals surface area contributed by atoms with Gasteiger partial charge in [0.1, 0.15) is 0 Å². The van der Waals surface area contributed by atoms with Gasteiger partial charge in [0, 0.05) is 20.0 Å². The van der Waals surface area contributed by atoms with E-state index in [1.165, 1.54) is 11.1 Å². The molecule has 1 aromatic carbocycles. The molecular formula is C16H24N2O. The van der Waals surface area contributed by atoms with Crippen molar-refractivity contribution in [3.05, 3.63) is 35.4 Å². The first kappa shape index (κ1) is 14.1. The zero-order valence-electron chi connectivity index (χ0n) is 12.0. The fourth-order valence-corrected chi connectivity index (χ4v) is 2.54. The number of benzene rings is 1. The molecule has 1 fully saturated rings. The van der Waals surface area contributed by atoms with Gasteiger partial charge in [-0.15, -0.1) is 0 Å². The standard InChI is InChI=1S/C16H24N2O/c1-13-3-5-15(6-4-13)12-18(2)16(19)11-14-7-9-17-10-8-14/h3-6,14,17H,7-12H2,1-2H3. The van der Waals surface area contributed by atoms with E-state index in [0.29, 0.717) is 18.9 Å². The number of amides is 1. The van der Waals surface area contributed by atoms with E-state index in [0.717, 1.165) is 25.9 Å². The normalized spacial score (nSPS) is 16.3. The van der Waals surface area contributed by atoms with Gasteiger partial charge in [-0.25, -0.2) is 0 Å². The zero-order valence-corrected chi connectivity index (χ0v) is 12.0. The summed E-state index contributed by atoms with van der Waals surface area (Å²) in [5, 5.41) is 3.34. The third-order valence-corrected chi connectivity index (χ3v) is 3.89. The summed E-state index contributed by atoms with van der Waals surface area (Å²) in [5.41, 5.74) is 2.46. The number of aryl methyl sites for hydroxylation is 1. The van der Waals surface area contributed by atoms with Crippen molar-refractivity contribution in [3.8, 4) is 0 Å². The molecule has 0 unspecified atom stereocenters. The fraction of sp³-hybridized carbons (Fsp3) is 0.562. The van der Waals surface area contributed by atoms with Gasteiger partial charge in [0.2, 0.25) is 5.91 Å². The van der Waals surface area contributed by atoms with Gasteiger partial charge in [-0.2, -0.15) is 0 Å². The molecule has 3 nitrogen and oxygen atoms in total. The van der Waals surface area contributed by atoms with Crippen molar-refractivity contribution in [1.82, 2.24) is 10.2 Å². The van der Waals surface area contributed by atoms with E-state index in [-0.39, 0.29) is 5.91 Å². The summed E-state index contributed by atoms with van der Waals surface area (Å²) >= 11 is 0. The van der Waals surface area contributed by atoms with Crippen LogP contribution >= 0.6 is 0 Å². The maximum atomic E-state index is 12.2. The van der Waals surface area contributed by atoms with E-state index in [2.05, 4.69) is 36.5 Å². The summed E-state index contributed by atoms with van der Waals surface area (Å²) in [6.45, 7) is 4.90. The van der Waals surface area contributed by atoms with Gasteiger partial charge < -0.3 is 10.2 Å². The first-order valence-corrected chi connectivity index (χ1v) is 7.15. The van der Waals surface area contributed by atoms with Gasteiger partial charge >= 0.3 is 0 Å². The molecule has 0 bridgehead atoms. The second-order valence-corrected chi connectivity index (χ2v) is 5.63. The lowest BCUT2D eigenvalue weighted by atomic mass is 9.94. The summed E-state index contributed by atoms with van der Waals surface area (Å²) < 4.78 is 0. The van der Waals surface area contributed by atoms with Crippen LogP contribution in [0.3, 0.4) is 0 Å². The Morgan fingerprint density at radius 1 is 1.26 bits per heavy atom. The highest BCUT2D eigenvalue weighted by molar-refractivity contribution is 5.76. The molecule has 1 saturated heterocycles. The minimum Gasteiger partial charge on any atom is -0.341 e. The molecule has 0 aliphatic carbocycles. The molecule has 0 radical (unpaired) electrons. The van der Waals surface area contributed by atoms with Crippen LogP contribution in [0.5, 0.6) is 0 Å². The van der Waals surface area contributed by atoms with E-state index in [9.17, 15) is 4.79 Å². The highest BCUT2D eigenvalue weighted by Crippen LogP contribution is 2.17. The molecule has 1 aliphatic rings. The predicted octanol–water partition coefficient (Wildman–Crippen LogP) is 2.34. The SMILES string of the molecule is Cc1ccc(CN(C)C(=O)CC2CCNCC2)cc1. The van der Waals surface area contributed by atoms with Gasteiger partial charge in [-0.05, 0) is 44.3 Å². The van der Waals surface area contributed by atoms with Crippen LogP contribution in [0.1, 0.15) is 30.4 Å². The number of nitrogens with zero attached hydrogens (tertiary/aromatic N) is 1. The second-order valence-electron chi connectivity index (χ2n) is 5.63. The van der Waals surface area contributed by atoms with Gasteiger partial charge in [-0.1, -0.05) is 29.8 Å². The number of carbonyl (C=O) groups excluding carboxylic acids is 1. The van der Waals surface area contributed by atoms with E-state index < -0.39 is 0 Å². The highest BCUT2D eigenvalue weighted by atomic mass is 16.2. The molecule has 0 spiro atoms. The Hall–Kier alpha value is -1.35. The lowest BCUT2D eigenvalue weighted by Crippen LogP contribution is -2.33. The lowest BCUT2D eigenvalue weighted by molar-refractivity contribution is -0.131. The van der Waals surface area contributed by atoms with Crippen molar-refractivity contribution in [3.63, 3.8) is 0 Å². The Morgan fingerprint density at radius 2 is 1.89 bits per heavy atom. The van der Waals surface area contributed by atoms with Crippen LogP contribution in [-0.4, -0.2) is 30.9 Å². The van der Waals surface area contributed by atoms with Crippen LogP contribution in [0.25, 0.3) is 0 Å². The third-order valence-electron chi connectivity index (χ3n) is 3.89. The van der Waals surface area contributed by atoms with Crippen molar-refractivity contribution < 1.29 is 4.79 Å². The highest BCUT2D eigenvalue weighted by Gasteiger charge is 2.19. The van der Waals surface area contributed by atoms with E-state index >= 15 is 0 Å². The number of hydrogen-bond donors (Lipinski definition) is 1. The number of rotatable bonds is 4. The summed E-state index contributed by atoms with van der Waals surface area (Å²) in [6.07, 6.45) is 2.96. The molecule has 2 rings (SSSR count). The summed E-state index contributed by atoms with van der Waals surface area (Å²) in [7, 11) is 1.91. The van der Waals surface area contributed by atoms with Crippen LogP contribution in [-0.2, 0) is 11.3 Å². The number of hydrogen-bond acceptors (Lipinski definition) is 2. The first-order valence-electron chi connectivity index (χ1n) is 7.15. The van der Waals surface area contributed by atoms with Crippen molar-refractivity contribution in [1.29, 1.82) is 0 Å². The topological polar surface area (TPSA) is 32.3 Å². The first-order chi connectivity index (χ1) is 9.15. The maximum absolute atomic E-state index is 12.2. The monoisotopic (exact) mass is 260 g/mol. The largest absolute Gasteiger partial charge is 0.341 e. The summed E-state index contributed by atoms with van der Waals surface area (Å²) in [5.74, 6) is 0.835. The van der Waals surface area contributed by atoms with E-state index in [4.69, 9.17) is 0 Å².